The largest absolute Gasteiger partial charge is 0.315 e. The fourth-order valence-corrected chi connectivity index (χ4v) is 8.43. The highest BCUT2D eigenvalue weighted by Gasteiger charge is 2.18. The molecule has 1 nitrogen and oxygen atoms in total. The Bertz CT molecular complexity index is 2330. The summed E-state index contributed by atoms with van der Waals surface area (Å²) in [5, 5.41) is 12.1. The SMILES string of the molecule is c1ccc2c(c1)cn1c3cc4c(cc3c3c(ccc5c6ccccc6sc53)c21)sc1ccccc14. The van der Waals surface area contributed by atoms with E-state index in [2.05, 4.69) is 108 Å². The van der Waals surface area contributed by atoms with E-state index in [9.17, 15) is 0 Å². The van der Waals surface area contributed by atoms with Crippen LogP contribution in [0.25, 0.3) is 78.3 Å². The smallest absolute Gasteiger partial charge is 0.0614 e. The molecule has 0 spiro atoms. The van der Waals surface area contributed by atoms with Crippen LogP contribution in [-0.4, -0.2) is 4.40 Å². The lowest BCUT2D eigenvalue weighted by Gasteiger charge is -2.11. The van der Waals surface area contributed by atoms with E-state index in [-0.39, 0.29) is 0 Å². The summed E-state index contributed by atoms with van der Waals surface area (Å²) < 4.78 is 7.89. The van der Waals surface area contributed by atoms with Crippen molar-refractivity contribution in [3.63, 3.8) is 0 Å². The molecule has 0 aliphatic heterocycles. The molecule has 5 aromatic carbocycles. The Labute approximate surface area is 208 Å². The number of hydrogen-bond acceptors (Lipinski definition) is 2. The van der Waals surface area contributed by atoms with Crippen LogP contribution in [0.2, 0.25) is 0 Å². The zero-order valence-corrected chi connectivity index (χ0v) is 20.2. The van der Waals surface area contributed by atoms with E-state index in [1.165, 1.54) is 78.3 Å². The van der Waals surface area contributed by atoms with Crippen LogP contribution >= 0.6 is 22.7 Å². The van der Waals surface area contributed by atoms with Gasteiger partial charge >= 0.3 is 0 Å². The Balaban J connectivity index is 1.64. The van der Waals surface area contributed by atoms with Crippen LogP contribution in [0.4, 0.5) is 0 Å². The maximum absolute atomic E-state index is 2.45. The summed E-state index contributed by atoms with van der Waals surface area (Å²) in [4.78, 5) is 0. The molecule has 162 valence electrons. The first-order chi connectivity index (χ1) is 17.3. The van der Waals surface area contributed by atoms with Gasteiger partial charge in [-0.05, 0) is 24.3 Å². The van der Waals surface area contributed by atoms with Crippen LogP contribution in [0.5, 0.6) is 0 Å². The molecule has 9 rings (SSSR count). The second-order valence-corrected chi connectivity index (χ2v) is 11.5. The fraction of sp³-hybridized carbons (Fsp3) is 0. The van der Waals surface area contributed by atoms with Gasteiger partial charge in [-0.15, -0.1) is 22.7 Å². The third-order valence-electron chi connectivity index (χ3n) is 7.55. The summed E-state index contributed by atoms with van der Waals surface area (Å²) in [6, 6.07) is 36.0. The van der Waals surface area contributed by atoms with Crippen LogP contribution in [0.1, 0.15) is 0 Å². The number of aromatic nitrogens is 1. The average molecular weight is 480 g/mol. The minimum atomic E-state index is 1.28. The van der Waals surface area contributed by atoms with Gasteiger partial charge in [0, 0.05) is 73.5 Å². The molecule has 3 heteroatoms. The first kappa shape index (κ1) is 18.4. The highest BCUT2D eigenvalue weighted by atomic mass is 32.1. The van der Waals surface area contributed by atoms with Crippen molar-refractivity contribution in [2.45, 2.75) is 0 Å². The molecular formula is C32H17NS2. The number of thiophene rings is 2. The molecule has 0 N–H and O–H groups in total. The molecule has 0 aliphatic rings. The van der Waals surface area contributed by atoms with Crippen LogP contribution in [0, 0.1) is 0 Å². The Morgan fingerprint density at radius 2 is 1.17 bits per heavy atom. The van der Waals surface area contributed by atoms with Gasteiger partial charge in [0.15, 0.2) is 0 Å². The van der Waals surface area contributed by atoms with Gasteiger partial charge in [-0.3, -0.25) is 0 Å². The molecule has 0 atom stereocenters. The Hall–Kier alpha value is -3.92. The molecule has 0 saturated carbocycles. The first-order valence-electron chi connectivity index (χ1n) is 11.9. The van der Waals surface area contributed by atoms with Crippen molar-refractivity contribution in [2.75, 3.05) is 0 Å². The van der Waals surface area contributed by atoms with Gasteiger partial charge in [0.25, 0.3) is 0 Å². The van der Waals surface area contributed by atoms with Gasteiger partial charge in [0.05, 0.1) is 11.0 Å². The molecule has 0 unspecified atom stereocenters. The predicted molar refractivity (Wildman–Crippen MR) is 156 cm³/mol. The van der Waals surface area contributed by atoms with Crippen LogP contribution < -0.4 is 0 Å². The van der Waals surface area contributed by atoms with Crippen molar-refractivity contribution < 1.29 is 0 Å². The molecule has 35 heavy (non-hydrogen) atoms. The van der Waals surface area contributed by atoms with Gasteiger partial charge in [-0.25, -0.2) is 0 Å². The molecule has 9 aromatic rings. The lowest BCUT2D eigenvalue weighted by Crippen LogP contribution is -1.90. The third-order valence-corrected chi connectivity index (χ3v) is 9.89. The number of nitrogens with zero attached hydrogens (tertiary/aromatic N) is 1. The summed E-state index contributed by atoms with van der Waals surface area (Å²) in [5.41, 5.74) is 2.59. The monoisotopic (exact) mass is 479 g/mol. The van der Waals surface area contributed by atoms with E-state index in [1.54, 1.807) is 0 Å². The molecule has 0 saturated heterocycles. The summed E-state index contributed by atoms with van der Waals surface area (Å²) in [5.74, 6) is 0. The maximum atomic E-state index is 2.45. The van der Waals surface area contributed by atoms with Crippen molar-refractivity contribution >= 4 is 101 Å². The van der Waals surface area contributed by atoms with Gasteiger partial charge < -0.3 is 4.40 Å². The lowest BCUT2D eigenvalue weighted by molar-refractivity contribution is 1.30. The van der Waals surface area contributed by atoms with Crippen molar-refractivity contribution in [1.82, 2.24) is 4.40 Å². The minimum absolute atomic E-state index is 1.28. The van der Waals surface area contributed by atoms with Crippen LogP contribution in [-0.2, 0) is 0 Å². The quantitative estimate of drug-likeness (QED) is 0.191. The summed E-state index contributed by atoms with van der Waals surface area (Å²) in [6.07, 6.45) is 2.32. The van der Waals surface area contributed by atoms with Gasteiger partial charge in [-0.1, -0.05) is 72.8 Å². The fourth-order valence-electron chi connectivity index (χ4n) is 6.04. The van der Waals surface area contributed by atoms with E-state index in [0.717, 1.165) is 0 Å². The van der Waals surface area contributed by atoms with Crippen molar-refractivity contribution in [2.24, 2.45) is 0 Å². The Morgan fingerprint density at radius 1 is 0.486 bits per heavy atom. The number of benzene rings is 5. The molecule has 0 fully saturated rings. The van der Waals surface area contributed by atoms with Crippen LogP contribution in [0.3, 0.4) is 0 Å². The van der Waals surface area contributed by atoms with Crippen molar-refractivity contribution in [3.05, 3.63) is 103 Å². The molecule has 4 aromatic heterocycles. The Kier molecular flexibility index (Phi) is 3.36. The van der Waals surface area contributed by atoms with E-state index >= 15 is 0 Å². The van der Waals surface area contributed by atoms with Gasteiger partial charge in [0.2, 0.25) is 0 Å². The second-order valence-electron chi connectivity index (χ2n) is 9.36. The van der Waals surface area contributed by atoms with Gasteiger partial charge in [0.1, 0.15) is 0 Å². The molecular weight excluding hydrogens is 462 g/mol. The average Bonchev–Trinajstić information content (AvgIpc) is 3.58. The predicted octanol–water partition coefficient (Wildman–Crippen LogP) is 10.1. The van der Waals surface area contributed by atoms with Crippen LogP contribution in [0.15, 0.2) is 103 Å². The van der Waals surface area contributed by atoms with Crippen molar-refractivity contribution in [1.29, 1.82) is 0 Å². The summed E-state index contributed by atoms with van der Waals surface area (Å²) in [7, 11) is 0. The third kappa shape index (κ3) is 2.28. The highest BCUT2D eigenvalue weighted by molar-refractivity contribution is 7.27. The molecule has 4 heterocycles. The number of hydrogen-bond donors (Lipinski definition) is 0. The van der Waals surface area contributed by atoms with E-state index < -0.39 is 0 Å². The molecule has 0 radical (unpaired) electrons. The van der Waals surface area contributed by atoms with E-state index in [0.29, 0.717) is 0 Å². The maximum Gasteiger partial charge on any atom is 0.0614 e. The first-order valence-corrected chi connectivity index (χ1v) is 13.5. The zero-order chi connectivity index (χ0) is 22.7. The minimum Gasteiger partial charge on any atom is -0.315 e. The number of pyridine rings is 1. The summed E-state index contributed by atoms with van der Waals surface area (Å²) >= 11 is 3.83. The zero-order valence-electron chi connectivity index (χ0n) is 18.6. The summed E-state index contributed by atoms with van der Waals surface area (Å²) in [6.45, 7) is 0. The second kappa shape index (κ2) is 6.39. The lowest BCUT2D eigenvalue weighted by atomic mass is 9.99. The molecule has 0 amide bonds. The molecule has 0 aliphatic carbocycles. The Morgan fingerprint density at radius 3 is 2.03 bits per heavy atom. The molecule has 0 bridgehead atoms. The standard InChI is InChI=1S/C32H17NS2/c1-2-8-19-18(7-1)17-33-26-15-24-21-10-4-5-11-27(21)34-29(24)16-25(26)30-23(31(19)33)14-13-22-20-9-3-6-12-28(20)35-32(22)30/h1-17H. The van der Waals surface area contributed by atoms with Gasteiger partial charge in [-0.2, -0.15) is 0 Å². The number of rotatable bonds is 0. The van der Waals surface area contributed by atoms with Crippen molar-refractivity contribution in [3.8, 4) is 0 Å². The normalized spacial score (nSPS) is 12.6. The van der Waals surface area contributed by atoms with E-state index in [4.69, 9.17) is 0 Å². The van der Waals surface area contributed by atoms with E-state index in [1.807, 2.05) is 22.7 Å². The highest BCUT2D eigenvalue weighted by Crippen LogP contribution is 2.46. The topological polar surface area (TPSA) is 4.41 Å². The number of fused-ring (bicyclic) bond motifs is 15.